The Labute approximate surface area is 193 Å². The van der Waals surface area contributed by atoms with Crippen molar-refractivity contribution >= 4 is 29.6 Å². The molecule has 0 spiro atoms. The number of amides is 4. The number of aromatic nitrogens is 1. The minimum atomic E-state index is -4.66. The highest BCUT2D eigenvalue weighted by molar-refractivity contribution is 6.39. The van der Waals surface area contributed by atoms with Crippen LogP contribution < -0.4 is 10.2 Å². The lowest BCUT2D eigenvalue weighted by molar-refractivity contribution is -0.137. The lowest BCUT2D eigenvalue weighted by Gasteiger charge is -2.26. The molecule has 0 aliphatic carbocycles. The van der Waals surface area contributed by atoms with E-state index < -0.39 is 29.6 Å². The molecule has 2 heterocycles. The molecular weight excluding hydrogens is 447 g/mol. The molecule has 0 saturated carbocycles. The van der Waals surface area contributed by atoms with Crippen LogP contribution in [-0.4, -0.2) is 22.4 Å². The number of alkyl halides is 3. The Morgan fingerprint density at radius 1 is 0.882 bits per heavy atom. The van der Waals surface area contributed by atoms with Crippen molar-refractivity contribution in [2.24, 2.45) is 0 Å². The van der Waals surface area contributed by atoms with E-state index in [1.807, 2.05) is 54.9 Å². The van der Waals surface area contributed by atoms with Crippen LogP contribution in [0.1, 0.15) is 28.1 Å². The Morgan fingerprint density at radius 3 is 2.21 bits per heavy atom. The number of nitrogens with one attached hydrogen (secondary N) is 1. The number of hydrogen-bond donors (Lipinski definition) is 1. The molecule has 1 saturated heterocycles. The highest BCUT2D eigenvalue weighted by Gasteiger charge is 2.38. The Bertz CT molecular complexity index is 1350. The van der Waals surface area contributed by atoms with Gasteiger partial charge in [0.05, 0.1) is 11.3 Å². The quantitative estimate of drug-likeness (QED) is 0.431. The Hall–Kier alpha value is -4.14. The summed E-state index contributed by atoms with van der Waals surface area (Å²) in [6, 6.07) is 12.3. The van der Waals surface area contributed by atoms with Gasteiger partial charge in [-0.3, -0.25) is 14.9 Å². The van der Waals surface area contributed by atoms with Gasteiger partial charge < -0.3 is 4.57 Å². The molecule has 2 aromatic carbocycles. The SMILES string of the molecule is Cc1ccc(-n2c(C)cc(C=C3C(=O)NC(=O)N(c4cccc(C(F)(F)F)c4)C3=O)c2C)cc1. The van der Waals surface area contributed by atoms with Gasteiger partial charge in [0, 0.05) is 17.1 Å². The number of halogens is 3. The van der Waals surface area contributed by atoms with Gasteiger partial charge in [0.1, 0.15) is 5.57 Å². The number of benzene rings is 2. The number of carbonyl (C=O) groups is 3. The Kier molecular flexibility index (Phi) is 5.64. The second kappa shape index (κ2) is 8.33. The van der Waals surface area contributed by atoms with Crippen LogP contribution in [0.2, 0.25) is 0 Å². The summed E-state index contributed by atoms with van der Waals surface area (Å²) in [6.07, 6.45) is -3.31. The van der Waals surface area contributed by atoms with E-state index in [1.54, 1.807) is 6.07 Å². The van der Waals surface area contributed by atoms with Crippen LogP contribution in [0.4, 0.5) is 23.7 Å². The van der Waals surface area contributed by atoms with Crippen LogP contribution in [0, 0.1) is 20.8 Å². The van der Waals surface area contributed by atoms with Gasteiger partial charge in [0.2, 0.25) is 0 Å². The largest absolute Gasteiger partial charge is 0.416 e. The minimum Gasteiger partial charge on any atom is -0.318 e. The van der Waals surface area contributed by atoms with Gasteiger partial charge in [-0.05, 0) is 68.8 Å². The molecule has 0 bridgehead atoms. The number of imide groups is 2. The van der Waals surface area contributed by atoms with Crippen molar-refractivity contribution in [1.82, 2.24) is 9.88 Å². The van der Waals surface area contributed by atoms with E-state index in [0.717, 1.165) is 34.8 Å². The number of aryl methyl sites for hydroxylation is 2. The van der Waals surface area contributed by atoms with E-state index in [9.17, 15) is 27.6 Å². The Balaban J connectivity index is 1.75. The van der Waals surface area contributed by atoms with Crippen molar-refractivity contribution in [2.45, 2.75) is 26.9 Å². The zero-order chi connectivity index (χ0) is 24.8. The number of urea groups is 1. The lowest BCUT2D eigenvalue weighted by Crippen LogP contribution is -2.54. The van der Waals surface area contributed by atoms with E-state index >= 15 is 0 Å². The fraction of sp³-hybridized carbons (Fsp3) is 0.160. The monoisotopic (exact) mass is 467 g/mol. The van der Waals surface area contributed by atoms with Crippen molar-refractivity contribution in [3.8, 4) is 5.69 Å². The van der Waals surface area contributed by atoms with Gasteiger partial charge in [-0.15, -0.1) is 0 Å². The van der Waals surface area contributed by atoms with E-state index in [-0.39, 0.29) is 11.3 Å². The van der Waals surface area contributed by atoms with Crippen molar-refractivity contribution in [3.63, 3.8) is 0 Å². The number of nitrogens with zero attached hydrogens (tertiary/aromatic N) is 2. The van der Waals surface area contributed by atoms with Crippen molar-refractivity contribution in [1.29, 1.82) is 0 Å². The summed E-state index contributed by atoms with van der Waals surface area (Å²) in [7, 11) is 0. The van der Waals surface area contributed by atoms with Crippen LogP contribution in [0.15, 0.2) is 60.2 Å². The molecule has 1 aliphatic rings. The first kappa shape index (κ1) is 23.0. The summed E-state index contributed by atoms with van der Waals surface area (Å²) in [5, 5.41) is 2.04. The molecule has 3 aromatic rings. The summed E-state index contributed by atoms with van der Waals surface area (Å²) in [4.78, 5) is 38.5. The predicted molar refractivity (Wildman–Crippen MR) is 120 cm³/mol. The number of carbonyl (C=O) groups excluding carboxylic acids is 3. The van der Waals surface area contributed by atoms with Gasteiger partial charge >= 0.3 is 12.2 Å². The summed E-state index contributed by atoms with van der Waals surface area (Å²) in [5.74, 6) is -1.92. The standard InChI is InChI=1S/C25H20F3N3O3/c1-14-7-9-19(10-8-14)30-15(2)11-17(16(30)3)12-21-22(32)29-24(34)31(23(21)33)20-6-4-5-18(13-20)25(26,27)28/h4-13H,1-3H3,(H,29,32,34). The highest BCUT2D eigenvalue weighted by Crippen LogP contribution is 2.33. The minimum absolute atomic E-state index is 0.291. The third-order valence-corrected chi connectivity index (χ3v) is 5.60. The predicted octanol–water partition coefficient (Wildman–Crippen LogP) is 5.09. The molecule has 9 heteroatoms. The van der Waals surface area contributed by atoms with Crippen LogP contribution in [0.25, 0.3) is 11.8 Å². The first-order chi connectivity index (χ1) is 16.0. The second-order valence-electron chi connectivity index (χ2n) is 8.00. The van der Waals surface area contributed by atoms with Gasteiger partial charge in [-0.2, -0.15) is 13.2 Å². The lowest BCUT2D eigenvalue weighted by atomic mass is 10.1. The van der Waals surface area contributed by atoms with Gasteiger partial charge in [0.25, 0.3) is 11.8 Å². The Morgan fingerprint density at radius 2 is 1.56 bits per heavy atom. The smallest absolute Gasteiger partial charge is 0.318 e. The zero-order valence-corrected chi connectivity index (χ0v) is 18.5. The number of barbiturate groups is 1. The molecular formula is C25H20F3N3O3. The maximum Gasteiger partial charge on any atom is 0.416 e. The number of anilines is 1. The molecule has 0 radical (unpaired) electrons. The zero-order valence-electron chi connectivity index (χ0n) is 18.5. The third kappa shape index (κ3) is 4.12. The third-order valence-electron chi connectivity index (χ3n) is 5.60. The summed E-state index contributed by atoms with van der Waals surface area (Å²) in [5.41, 5.74) is 2.48. The molecule has 1 aliphatic heterocycles. The molecule has 1 fully saturated rings. The normalized spacial score (nSPS) is 15.8. The fourth-order valence-corrected chi connectivity index (χ4v) is 3.89. The van der Waals surface area contributed by atoms with Gasteiger partial charge in [0.15, 0.2) is 0 Å². The topological polar surface area (TPSA) is 71.4 Å². The molecule has 174 valence electrons. The van der Waals surface area contributed by atoms with Crippen LogP contribution >= 0.6 is 0 Å². The van der Waals surface area contributed by atoms with Crippen molar-refractivity contribution in [3.05, 3.63) is 88.2 Å². The summed E-state index contributed by atoms with van der Waals surface area (Å²) < 4.78 is 41.3. The highest BCUT2D eigenvalue weighted by atomic mass is 19.4. The van der Waals surface area contributed by atoms with Crippen LogP contribution in [0.3, 0.4) is 0 Å². The fourth-order valence-electron chi connectivity index (χ4n) is 3.89. The first-order valence-electron chi connectivity index (χ1n) is 10.3. The van der Waals surface area contributed by atoms with Gasteiger partial charge in [-0.25, -0.2) is 9.69 Å². The van der Waals surface area contributed by atoms with E-state index in [0.29, 0.717) is 16.5 Å². The van der Waals surface area contributed by atoms with Crippen LogP contribution in [-0.2, 0) is 15.8 Å². The van der Waals surface area contributed by atoms with E-state index in [1.165, 1.54) is 12.1 Å². The van der Waals surface area contributed by atoms with E-state index in [2.05, 4.69) is 0 Å². The molecule has 34 heavy (non-hydrogen) atoms. The van der Waals surface area contributed by atoms with E-state index in [4.69, 9.17) is 0 Å². The van der Waals surface area contributed by atoms with Crippen molar-refractivity contribution < 1.29 is 27.6 Å². The maximum absolute atomic E-state index is 13.1. The molecule has 4 rings (SSSR count). The summed E-state index contributed by atoms with van der Waals surface area (Å²) in [6.45, 7) is 5.66. The maximum atomic E-state index is 13.1. The molecule has 4 amide bonds. The molecule has 1 N–H and O–H groups in total. The summed E-state index contributed by atoms with van der Waals surface area (Å²) >= 11 is 0. The first-order valence-corrected chi connectivity index (χ1v) is 10.3. The second-order valence-corrected chi connectivity index (χ2v) is 8.00. The number of hydrogen-bond acceptors (Lipinski definition) is 3. The average Bonchev–Trinajstić information content (AvgIpc) is 3.04. The molecule has 6 nitrogen and oxygen atoms in total. The molecule has 0 atom stereocenters. The molecule has 1 aromatic heterocycles. The van der Waals surface area contributed by atoms with Crippen LogP contribution in [0.5, 0.6) is 0 Å². The molecule has 0 unspecified atom stereocenters. The van der Waals surface area contributed by atoms with Crippen molar-refractivity contribution in [2.75, 3.05) is 4.90 Å². The average molecular weight is 467 g/mol. The number of rotatable bonds is 3. The van der Waals surface area contributed by atoms with Gasteiger partial charge in [-0.1, -0.05) is 23.8 Å².